The third-order valence-electron chi connectivity index (χ3n) is 3.59. The number of aryl methyl sites for hydroxylation is 1. The number of hydrogen-bond donors (Lipinski definition) is 1. The van der Waals surface area contributed by atoms with Crippen LogP contribution in [0.4, 0.5) is 0 Å². The van der Waals surface area contributed by atoms with Gasteiger partial charge in [-0.3, -0.25) is 4.79 Å². The van der Waals surface area contributed by atoms with E-state index < -0.39 is 0 Å². The van der Waals surface area contributed by atoms with Gasteiger partial charge in [-0.1, -0.05) is 39.8 Å². The summed E-state index contributed by atoms with van der Waals surface area (Å²) in [5.74, 6) is 1.83. The van der Waals surface area contributed by atoms with Gasteiger partial charge >= 0.3 is 0 Å². The number of ether oxygens (including phenoxy) is 1. The van der Waals surface area contributed by atoms with Crippen molar-refractivity contribution in [2.24, 2.45) is 11.8 Å². The van der Waals surface area contributed by atoms with Crippen molar-refractivity contribution in [3.8, 4) is 5.75 Å². The first-order valence-corrected chi connectivity index (χ1v) is 7.28. The first-order valence-electron chi connectivity index (χ1n) is 7.28. The number of nitrogens with one attached hydrogen (secondary N) is 1. The van der Waals surface area contributed by atoms with Gasteiger partial charge in [-0.2, -0.15) is 0 Å². The zero-order chi connectivity index (χ0) is 15.3. The minimum absolute atomic E-state index is 0.0852. The Balaban J connectivity index is 2.68. The fraction of sp³-hybridized carbons (Fsp3) is 0.588. The lowest BCUT2D eigenvalue weighted by atomic mass is 9.93. The van der Waals surface area contributed by atoms with Gasteiger partial charge in [0.15, 0.2) is 0 Å². The van der Waals surface area contributed by atoms with Crippen molar-refractivity contribution < 1.29 is 9.53 Å². The van der Waals surface area contributed by atoms with Crippen LogP contribution in [0.2, 0.25) is 0 Å². The van der Waals surface area contributed by atoms with Gasteiger partial charge in [0.2, 0.25) is 5.91 Å². The lowest BCUT2D eigenvalue weighted by molar-refractivity contribution is -0.121. The average molecular weight is 277 g/mol. The summed E-state index contributed by atoms with van der Waals surface area (Å²) in [6.45, 7) is 10.6. The third-order valence-corrected chi connectivity index (χ3v) is 3.59. The van der Waals surface area contributed by atoms with Crippen LogP contribution in [0.3, 0.4) is 0 Å². The second-order valence-electron chi connectivity index (χ2n) is 6.06. The second-order valence-corrected chi connectivity index (χ2v) is 6.06. The molecule has 1 N–H and O–H groups in total. The fourth-order valence-corrected chi connectivity index (χ4v) is 2.58. The first kappa shape index (κ1) is 16.5. The average Bonchev–Trinajstić information content (AvgIpc) is 2.35. The Morgan fingerprint density at radius 1 is 1.20 bits per heavy atom. The van der Waals surface area contributed by atoms with E-state index in [1.54, 1.807) is 7.11 Å². The van der Waals surface area contributed by atoms with Gasteiger partial charge in [-0.25, -0.2) is 0 Å². The van der Waals surface area contributed by atoms with Crippen LogP contribution in [0, 0.1) is 18.8 Å². The van der Waals surface area contributed by atoms with E-state index >= 15 is 0 Å². The molecule has 1 amide bonds. The predicted octanol–water partition coefficient (Wildman–Crippen LogP) is 3.34. The summed E-state index contributed by atoms with van der Waals surface area (Å²) in [7, 11) is 1.66. The maximum Gasteiger partial charge on any atom is 0.224 e. The number of methoxy groups -OCH3 is 1. The highest BCUT2D eigenvalue weighted by molar-refractivity contribution is 5.79. The summed E-state index contributed by atoms with van der Waals surface area (Å²) in [5.41, 5.74) is 2.08. The number of rotatable bonds is 6. The Morgan fingerprint density at radius 2 is 1.80 bits per heavy atom. The van der Waals surface area contributed by atoms with E-state index in [2.05, 4.69) is 33.0 Å². The molecule has 1 aromatic rings. The normalized spacial score (nSPS) is 11.2. The van der Waals surface area contributed by atoms with Crippen LogP contribution in [-0.2, 0) is 11.2 Å². The predicted molar refractivity (Wildman–Crippen MR) is 83.0 cm³/mol. The topological polar surface area (TPSA) is 38.3 Å². The molecule has 112 valence electrons. The first-order chi connectivity index (χ1) is 9.35. The molecule has 0 aliphatic rings. The van der Waals surface area contributed by atoms with Crippen molar-refractivity contribution in [2.45, 2.75) is 47.1 Å². The molecule has 20 heavy (non-hydrogen) atoms. The number of carbonyl (C=O) groups excluding carboxylic acids is 1. The molecule has 0 aliphatic heterocycles. The maximum absolute atomic E-state index is 12.2. The molecule has 0 fully saturated rings. The molecule has 0 unspecified atom stereocenters. The molecule has 0 aromatic heterocycles. The van der Waals surface area contributed by atoms with Crippen LogP contribution in [0.25, 0.3) is 0 Å². The Labute approximate surface area is 122 Å². The van der Waals surface area contributed by atoms with E-state index in [1.807, 2.05) is 25.1 Å². The Bertz CT molecular complexity index is 444. The zero-order valence-corrected chi connectivity index (χ0v) is 13.5. The van der Waals surface area contributed by atoms with Crippen molar-refractivity contribution in [3.63, 3.8) is 0 Å². The van der Waals surface area contributed by atoms with E-state index in [-0.39, 0.29) is 11.9 Å². The van der Waals surface area contributed by atoms with Crippen LogP contribution >= 0.6 is 0 Å². The van der Waals surface area contributed by atoms with Gasteiger partial charge in [-0.15, -0.1) is 0 Å². The Hall–Kier alpha value is -1.51. The number of amides is 1. The van der Waals surface area contributed by atoms with E-state index in [4.69, 9.17) is 4.74 Å². The van der Waals surface area contributed by atoms with Gasteiger partial charge in [0, 0.05) is 6.04 Å². The highest BCUT2D eigenvalue weighted by atomic mass is 16.5. The molecule has 0 aliphatic carbocycles. The second kappa shape index (κ2) is 7.32. The molecular weight excluding hydrogens is 250 g/mol. The summed E-state index contributed by atoms with van der Waals surface area (Å²) in [6.07, 6.45) is 0.417. The van der Waals surface area contributed by atoms with Gasteiger partial charge in [0.1, 0.15) is 5.75 Å². The van der Waals surface area contributed by atoms with E-state index in [0.29, 0.717) is 18.3 Å². The van der Waals surface area contributed by atoms with Gasteiger partial charge in [0.05, 0.1) is 13.5 Å². The lowest BCUT2D eigenvalue weighted by Crippen LogP contribution is -2.42. The standard InChI is InChI=1S/C17H27NO2/c1-11(2)17(12(3)4)18-16(19)10-14-7-8-15(20-6)13(5)9-14/h7-9,11-12,17H,10H2,1-6H3,(H,18,19). The van der Waals surface area contributed by atoms with Crippen molar-refractivity contribution in [2.75, 3.05) is 7.11 Å². The van der Waals surface area contributed by atoms with Crippen LogP contribution in [-0.4, -0.2) is 19.1 Å². The molecule has 0 heterocycles. The van der Waals surface area contributed by atoms with Crippen LogP contribution < -0.4 is 10.1 Å². The summed E-state index contributed by atoms with van der Waals surface area (Å²) in [5, 5.41) is 3.14. The highest BCUT2D eigenvalue weighted by Gasteiger charge is 2.19. The fourth-order valence-electron chi connectivity index (χ4n) is 2.58. The van der Waals surface area contributed by atoms with Crippen molar-refractivity contribution in [3.05, 3.63) is 29.3 Å². The molecule has 1 aromatic carbocycles. The van der Waals surface area contributed by atoms with E-state index in [1.165, 1.54) is 0 Å². The van der Waals surface area contributed by atoms with E-state index in [0.717, 1.165) is 16.9 Å². The molecular formula is C17H27NO2. The number of hydrogen-bond acceptors (Lipinski definition) is 2. The minimum atomic E-state index is 0.0852. The van der Waals surface area contributed by atoms with Crippen LogP contribution in [0.5, 0.6) is 5.75 Å². The quantitative estimate of drug-likeness (QED) is 0.866. The van der Waals surface area contributed by atoms with Gasteiger partial charge in [0.25, 0.3) is 0 Å². The van der Waals surface area contributed by atoms with Gasteiger partial charge < -0.3 is 10.1 Å². The molecule has 0 saturated heterocycles. The molecule has 0 saturated carbocycles. The summed E-state index contributed by atoms with van der Waals surface area (Å²) in [6, 6.07) is 6.10. The maximum atomic E-state index is 12.2. The number of carbonyl (C=O) groups is 1. The smallest absolute Gasteiger partial charge is 0.224 e. The lowest BCUT2D eigenvalue weighted by Gasteiger charge is -2.26. The van der Waals surface area contributed by atoms with Gasteiger partial charge in [-0.05, 0) is 36.0 Å². The molecule has 3 nitrogen and oxygen atoms in total. The van der Waals surface area contributed by atoms with E-state index in [9.17, 15) is 4.79 Å². The monoisotopic (exact) mass is 277 g/mol. The third kappa shape index (κ3) is 4.55. The summed E-state index contributed by atoms with van der Waals surface area (Å²) in [4.78, 5) is 12.2. The molecule has 3 heteroatoms. The Morgan fingerprint density at radius 3 is 2.25 bits per heavy atom. The van der Waals surface area contributed by atoms with Crippen LogP contribution in [0.1, 0.15) is 38.8 Å². The highest BCUT2D eigenvalue weighted by Crippen LogP contribution is 2.19. The van der Waals surface area contributed by atoms with Crippen molar-refractivity contribution in [1.82, 2.24) is 5.32 Å². The molecule has 0 bridgehead atoms. The van der Waals surface area contributed by atoms with Crippen molar-refractivity contribution >= 4 is 5.91 Å². The van der Waals surface area contributed by atoms with Crippen LogP contribution in [0.15, 0.2) is 18.2 Å². The molecule has 0 spiro atoms. The largest absolute Gasteiger partial charge is 0.496 e. The molecule has 0 atom stereocenters. The SMILES string of the molecule is COc1ccc(CC(=O)NC(C(C)C)C(C)C)cc1C. The van der Waals surface area contributed by atoms with Crippen molar-refractivity contribution in [1.29, 1.82) is 0 Å². The number of benzene rings is 1. The Kier molecular flexibility index (Phi) is 6.05. The minimum Gasteiger partial charge on any atom is -0.496 e. The summed E-state index contributed by atoms with van der Waals surface area (Å²) < 4.78 is 5.23. The molecule has 1 rings (SSSR count). The summed E-state index contributed by atoms with van der Waals surface area (Å²) >= 11 is 0. The molecule has 0 radical (unpaired) electrons. The zero-order valence-electron chi connectivity index (χ0n) is 13.5.